The maximum atomic E-state index is 12.2. The van der Waals surface area contributed by atoms with Gasteiger partial charge in [0.1, 0.15) is 5.82 Å². The van der Waals surface area contributed by atoms with Crippen molar-refractivity contribution in [2.24, 2.45) is 0 Å². The molecule has 7 heteroatoms. The van der Waals surface area contributed by atoms with E-state index in [2.05, 4.69) is 30.9 Å². The summed E-state index contributed by atoms with van der Waals surface area (Å²) in [5.74, 6) is 1.08. The lowest BCUT2D eigenvalue weighted by atomic mass is 10.1. The monoisotopic (exact) mass is 397 g/mol. The Labute approximate surface area is 170 Å². The average molecular weight is 398 g/mol. The van der Waals surface area contributed by atoms with Crippen LogP contribution >= 0.6 is 11.8 Å². The van der Waals surface area contributed by atoms with Crippen LogP contribution in [-0.4, -0.2) is 38.2 Å². The molecule has 0 radical (unpaired) electrons. The van der Waals surface area contributed by atoms with Gasteiger partial charge in [-0.15, -0.1) is 0 Å². The van der Waals surface area contributed by atoms with Crippen LogP contribution in [0.25, 0.3) is 11.0 Å². The summed E-state index contributed by atoms with van der Waals surface area (Å²) >= 11 is 1.54. The first kappa shape index (κ1) is 20.3. The number of nitrogens with one attached hydrogen (secondary N) is 1. The number of nitrogens with zero attached hydrogens (tertiary/aromatic N) is 4. The lowest BCUT2D eigenvalue weighted by molar-refractivity contribution is -0.121. The molecule has 1 aromatic carbocycles. The summed E-state index contributed by atoms with van der Waals surface area (Å²) in [4.78, 5) is 25.8. The highest BCUT2D eigenvalue weighted by molar-refractivity contribution is 7.98. The Morgan fingerprint density at radius 2 is 1.82 bits per heavy atom. The summed E-state index contributed by atoms with van der Waals surface area (Å²) in [7, 11) is 0. The molecule has 3 aromatic rings. The molecule has 0 aliphatic heterocycles. The topological polar surface area (TPSA) is 72.7 Å². The molecule has 0 aliphatic rings. The first-order valence-corrected chi connectivity index (χ1v) is 10.8. The Morgan fingerprint density at radius 1 is 1.11 bits per heavy atom. The van der Waals surface area contributed by atoms with Crippen molar-refractivity contribution in [3.8, 4) is 0 Å². The maximum Gasteiger partial charge on any atom is 0.220 e. The van der Waals surface area contributed by atoms with E-state index in [0.717, 1.165) is 51.9 Å². The van der Waals surface area contributed by atoms with Crippen molar-refractivity contribution in [2.75, 3.05) is 12.8 Å². The van der Waals surface area contributed by atoms with Gasteiger partial charge in [0.25, 0.3) is 0 Å². The van der Waals surface area contributed by atoms with Crippen molar-refractivity contribution in [3.63, 3.8) is 0 Å². The summed E-state index contributed by atoms with van der Waals surface area (Å²) in [6.45, 7) is 7.49. The van der Waals surface area contributed by atoms with E-state index in [-0.39, 0.29) is 5.91 Å². The molecule has 0 fully saturated rings. The second kappa shape index (κ2) is 9.19. The Hall–Kier alpha value is -2.41. The van der Waals surface area contributed by atoms with Crippen molar-refractivity contribution < 1.29 is 4.79 Å². The van der Waals surface area contributed by atoms with Gasteiger partial charge in [-0.2, -0.15) is 0 Å². The Bertz CT molecular complexity index is 959. The molecular formula is C21H27N5OS. The summed E-state index contributed by atoms with van der Waals surface area (Å²) in [5, 5.41) is 3.81. The Morgan fingerprint density at radius 3 is 2.54 bits per heavy atom. The van der Waals surface area contributed by atoms with E-state index >= 15 is 0 Å². The number of imidazole rings is 1. The molecule has 2 heterocycles. The molecule has 6 nitrogen and oxygen atoms in total. The molecule has 0 saturated heterocycles. The minimum Gasteiger partial charge on any atom is -0.356 e. The highest BCUT2D eigenvalue weighted by Crippen LogP contribution is 2.17. The van der Waals surface area contributed by atoms with Crippen LogP contribution in [0.15, 0.2) is 29.4 Å². The number of thioether (sulfide) groups is 1. The zero-order valence-electron chi connectivity index (χ0n) is 17.0. The first-order valence-electron chi connectivity index (χ1n) is 9.56. The van der Waals surface area contributed by atoms with Gasteiger partial charge in [0, 0.05) is 30.9 Å². The predicted octanol–water partition coefficient (Wildman–Crippen LogP) is 3.61. The van der Waals surface area contributed by atoms with Crippen molar-refractivity contribution in [2.45, 2.75) is 51.7 Å². The number of benzene rings is 1. The Kier molecular flexibility index (Phi) is 6.67. The second-order valence-electron chi connectivity index (χ2n) is 6.86. The first-order chi connectivity index (χ1) is 13.5. The van der Waals surface area contributed by atoms with Crippen LogP contribution in [0.5, 0.6) is 0 Å². The van der Waals surface area contributed by atoms with Crippen molar-refractivity contribution in [1.29, 1.82) is 0 Å². The fourth-order valence-corrected chi connectivity index (χ4v) is 3.89. The quantitative estimate of drug-likeness (QED) is 0.357. The minimum atomic E-state index is 0.0694. The van der Waals surface area contributed by atoms with Gasteiger partial charge >= 0.3 is 0 Å². The molecule has 1 amide bonds. The molecule has 0 atom stereocenters. The third kappa shape index (κ3) is 4.70. The van der Waals surface area contributed by atoms with Gasteiger partial charge in [0.2, 0.25) is 5.91 Å². The van der Waals surface area contributed by atoms with E-state index in [1.165, 1.54) is 11.8 Å². The summed E-state index contributed by atoms with van der Waals surface area (Å²) in [5.41, 5.74) is 5.17. The van der Waals surface area contributed by atoms with E-state index in [9.17, 15) is 4.79 Å². The molecule has 148 valence electrons. The molecule has 0 unspecified atom stereocenters. The minimum absolute atomic E-state index is 0.0694. The highest BCUT2D eigenvalue weighted by atomic mass is 32.2. The fraction of sp³-hybridized carbons (Fsp3) is 0.429. The van der Waals surface area contributed by atoms with Crippen LogP contribution in [0.2, 0.25) is 0 Å². The van der Waals surface area contributed by atoms with Gasteiger partial charge in [-0.3, -0.25) is 4.79 Å². The van der Waals surface area contributed by atoms with E-state index < -0.39 is 0 Å². The highest BCUT2D eigenvalue weighted by Gasteiger charge is 2.11. The zero-order valence-corrected chi connectivity index (χ0v) is 17.8. The third-order valence-electron chi connectivity index (χ3n) is 4.91. The molecule has 2 aromatic heterocycles. The lowest BCUT2D eigenvalue weighted by Gasteiger charge is -2.11. The van der Waals surface area contributed by atoms with E-state index in [0.29, 0.717) is 19.4 Å². The SMILES string of the molecule is CSc1nc(C)c(CCC(=O)NCCCn2c(C)nc3ccccc32)c(C)n1. The summed E-state index contributed by atoms with van der Waals surface area (Å²) in [6.07, 6.45) is 3.96. The van der Waals surface area contributed by atoms with Gasteiger partial charge in [0.05, 0.1) is 11.0 Å². The number of rotatable bonds is 8. The zero-order chi connectivity index (χ0) is 20.1. The van der Waals surface area contributed by atoms with E-state index in [1.807, 2.05) is 45.2 Å². The van der Waals surface area contributed by atoms with Crippen molar-refractivity contribution in [3.05, 3.63) is 47.0 Å². The number of aryl methyl sites for hydroxylation is 4. The van der Waals surface area contributed by atoms with E-state index in [4.69, 9.17) is 0 Å². The van der Waals surface area contributed by atoms with Crippen LogP contribution in [0, 0.1) is 20.8 Å². The van der Waals surface area contributed by atoms with Gasteiger partial charge in [-0.25, -0.2) is 15.0 Å². The van der Waals surface area contributed by atoms with Crippen LogP contribution < -0.4 is 5.32 Å². The van der Waals surface area contributed by atoms with Gasteiger partial charge in [-0.05, 0) is 57.6 Å². The third-order valence-corrected chi connectivity index (χ3v) is 5.46. The molecular weight excluding hydrogens is 370 g/mol. The smallest absolute Gasteiger partial charge is 0.220 e. The molecule has 0 spiro atoms. The van der Waals surface area contributed by atoms with E-state index in [1.54, 1.807) is 0 Å². The van der Waals surface area contributed by atoms with Crippen molar-refractivity contribution >= 4 is 28.7 Å². The van der Waals surface area contributed by atoms with Crippen molar-refractivity contribution in [1.82, 2.24) is 24.8 Å². The number of aromatic nitrogens is 4. The molecule has 0 aliphatic carbocycles. The molecule has 0 saturated carbocycles. The number of carbonyl (C=O) groups is 1. The number of fused-ring (bicyclic) bond motifs is 1. The molecule has 1 N–H and O–H groups in total. The number of para-hydroxylation sites is 2. The second-order valence-corrected chi connectivity index (χ2v) is 7.64. The number of amides is 1. The van der Waals surface area contributed by atoms with Crippen LogP contribution in [0.3, 0.4) is 0 Å². The van der Waals surface area contributed by atoms with Crippen LogP contribution in [0.4, 0.5) is 0 Å². The molecule has 3 rings (SSSR count). The number of carbonyl (C=O) groups excluding carboxylic acids is 1. The number of hydrogen-bond donors (Lipinski definition) is 1. The normalized spacial score (nSPS) is 11.1. The average Bonchev–Trinajstić information content (AvgIpc) is 2.99. The van der Waals surface area contributed by atoms with Gasteiger partial charge in [-0.1, -0.05) is 23.9 Å². The largest absolute Gasteiger partial charge is 0.356 e. The predicted molar refractivity (Wildman–Crippen MR) is 114 cm³/mol. The standard InChI is InChI=1S/C21H27N5OS/c1-14-17(15(2)24-21(23-14)28-4)10-11-20(27)22-12-7-13-26-16(3)25-18-8-5-6-9-19(18)26/h5-6,8-9H,7,10-13H2,1-4H3,(H,22,27). The summed E-state index contributed by atoms with van der Waals surface area (Å²) in [6, 6.07) is 8.15. The van der Waals surface area contributed by atoms with Gasteiger partial charge in [0.15, 0.2) is 5.16 Å². The van der Waals surface area contributed by atoms with Gasteiger partial charge < -0.3 is 9.88 Å². The molecule has 0 bridgehead atoms. The Balaban J connectivity index is 1.47. The maximum absolute atomic E-state index is 12.2. The fourth-order valence-electron chi connectivity index (χ4n) is 3.43. The molecule has 28 heavy (non-hydrogen) atoms. The number of hydrogen-bond acceptors (Lipinski definition) is 5. The lowest BCUT2D eigenvalue weighted by Crippen LogP contribution is -2.25. The van der Waals surface area contributed by atoms with Crippen LogP contribution in [0.1, 0.15) is 35.6 Å². The van der Waals surface area contributed by atoms with Crippen LogP contribution in [-0.2, 0) is 17.8 Å². The summed E-state index contributed by atoms with van der Waals surface area (Å²) < 4.78 is 2.21.